The molecule has 4 aromatic rings. The normalized spacial score (nSPS) is 11.2. The van der Waals surface area contributed by atoms with Gasteiger partial charge in [0.2, 0.25) is 0 Å². The maximum atomic E-state index is 12.0. The molecule has 8 heteroatoms. The average molecular weight is 392 g/mol. The van der Waals surface area contributed by atoms with E-state index in [0.717, 1.165) is 21.1 Å². The lowest BCUT2D eigenvalue weighted by molar-refractivity contribution is 0.978. The van der Waals surface area contributed by atoms with Gasteiger partial charge in [-0.15, -0.1) is 22.7 Å². The Morgan fingerprint density at radius 1 is 1.17 bits per heavy atom. The van der Waals surface area contributed by atoms with Gasteiger partial charge in [-0.2, -0.15) is 0 Å². The van der Waals surface area contributed by atoms with E-state index >= 15 is 0 Å². The Bertz CT molecular complexity index is 1070. The molecule has 24 heavy (non-hydrogen) atoms. The molecule has 1 aromatic carbocycles. The summed E-state index contributed by atoms with van der Waals surface area (Å²) in [5.41, 5.74) is 1.78. The van der Waals surface area contributed by atoms with Gasteiger partial charge in [-0.05, 0) is 17.5 Å². The molecule has 0 aliphatic heterocycles. The topological polar surface area (TPSA) is 58.6 Å². The van der Waals surface area contributed by atoms with Crippen LogP contribution in [0.5, 0.6) is 0 Å². The van der Waals surface area contributed by atoms with Crippen molar-refractivity contribution in [2.75, 3.05) is 0 Å². The number of nitrogens with one attached hydrogen (secondary N) is 1. The molecule has 3 aromatic heterocycles. The van der Waals surface area contributed by atoms with Gasteiger partial charge in [0.1, 0.15) is 9.84 Å². The first-order valence-electron chi connectivity index (χ1n) is 7.00. The third kappa shape index (κ3) is 3.12. The van der Waals surface area contributed by atoms with Crippen molar-refractivity contribution < 1.29 is 0 Å². The predicted octanol–water partition coefficient (Wildman–Crippen LogP) is 5.05. The summed E-state index contributed by atoms with van der Waals surface area (Å²) in [5, 5.41) is 6.72. The van der Waals surface area contributed by atoms with Crippen LogP contribution in [-0.2, 0) is 5.75 Å². The smallest absolute Gasteiger partial charge is 0.260 e. The zero-order valence-electron chi connectivity index (χ0n) is 12.2. The van der Waals surface area contributed by atoms with Crippen molar-refractivity contribution in [2.45, 2.75) is 10.9 Å². The standard InChI is InChI=1S/C16H10ClN3OS3/c17-12-4-2-1-3-10(12)14-18-9(7-23-14)8-24-16-19-13(21)11-5-6-22-15(11)20-16/h1-7H,8H2,(H,19,20,21). The second kappa shape index (κ2) is 6.68. The summed E-state index contributed by atoms with van der Waals surface area (Å²) < 4.78 is 0. The fraction of sp³-hybridized carbons (Fsp3) is 0.0625. The zero-order valence-corrected chi connectivity index (χ0v) is 15.4. The van der Waals surface area contributed by atoms with Crippen LogP contribution in [0.4, 0.5) is 0 Å². The summed E-state index contributed by atoms with van der Waals surface area (Å²) in [6, 6.07) is 9.46. The minimum absolute atomic E-state index is 0.0983. The van der Waals surface area contributed by atoms with E-state index in [1.54, 1.807) is 17.4 Å². The lowest BCUT2D eigenvalue weighted by Crippen LogP contribution is -2.07. The highest BCUT2D eigenvalue weighted by molar-refractivity contribution is 7.98. The second-order valence-electron chi connectivity index (χ2n) is 4.92. The van der Waals surface area contributed by atoms with Crippen molar-refractivity contribution in [3.8, 4) is 10.6 Å². The zero-order chi connectivity index (χ0) is 16.5. The number of halogens is 1. The molecule has 0 spiro atoms. The maximum absolute atomic E-state index is 12.0. The van der Waals surface area contributed by atoms with Crippen LogP contribution in [-0.4, -0.2) is 15.0 Å². The van der Waals surface area contributed by atoms with Crippen molar-refractivity contribution in [1.29, 1.82) is 0 Å². The van der Waals surface area contributed by atoms with Gasteiger partial charge in [0.15, 0.2) is 5.16 Å². The highest BCUT2D eigenvalue weighted by Crippen LogP contribution is 2.31. The molecule has 1 N–H and O–H groups in total. The molecule has 0 atom stereocenters. The van der Waals surface area contributed by atoms with Gasteiger partial charge in [-0.3, -0.25) is 4.79 Å². The van der Waals surface area contributed by atoms with Crippen LogP contribution < -0.4 is 5.56 Å². The van der Waals surface area contributed by atoms with Crippen molar-refractivity contribution in [3.63, 3.8) is 0 Å². The Morgan fingerprint density at radius 2 is 2.04 bits per heavy atom. The minimum atomic E-state index is -0.0983. The van der Waals surface area contributed by atoms with E-state index in [-0.39, 0.29) is 5.56 Å². The quantitative estimate of drug-likeness (QED) is 0.390. The Morgan fingerprint density at radius 3 is 2.92 bits per heavy atom. The van der Waals surface area contributed by atoms with Crippen molar-refractivity contribution >= 4 is 56.3 Å². The number of nitrogens with zero attached hydrogens (tertiary/aromatic N) is 2. The fourth-order valence-electron chi connectivity index (χ4n) is 2.19. The van der Waals surface area contributed by atoms with Crippen LogP contribution in [0.1, 0.15) is 5.69 Å². The Hall–Kier alpha value is -1.67. The number of hydrogen-bond donors (Lipinski definition) is 1. The van der Waals surface area contributed by atoms with E-state index in [1.165, 1.54) is 23.1 Å². The van der Waals surface area contributed by atoms with E-state index in [0.29, 0.717) is 21.3 Å². The third-order valence-electron chi connectivity index (χ3n) is 3.33. The number of thiophene rings is 1. The van der Waals surface area contributed by atoms with Gasteiger partial charge >= 0.3 is 0 Å². The molecule has 0 unspecified atom stereocenters. The van der Waals surface area contributed by atoms with Crippen LogP contribution in [0.15, 0.2) is 51.0 Å². The van der Waals surface area contributed by atoms with Gasteiger partial charge in [0.25, 0.3) is 5.56 Å². The number of rotatable bonds is 4. The van der Waals surface area contributed by atoms with E-state index < -0.39 is 0 Å². The first-order valence-corrected chi connectivity index (χ1v) is 10.1. The van der Waals surface area contributed by atoms with Crippen molar-refractivity contribution in [1.82, 2.24) is 15.0 Å². The number of aromatic nitrogens is 3. The molecule has 3 heterocycles. The van der Waals surface area contributed by atoms with E-state index in [2.05, 4.69) is 15.0 Å². The number of hydrogen-bond acceptors (Lipinski definition) is 6. The van der Waals surface area contributed by atoms with Gasteiger partial charge in [0.05, 0.1) is 16.1 Å². The minimum Gasteiger partial charge on any atom is -0.301 e. The highest BCUT2D eigenvalue weighted by atomic mass is 35.5. The number of benzene rings is 1. The van der Waals surface area contributed by atoms with Crippen LogP contribution in [0.2, 0.25) is 5.02 Å². The first-order chi connectivity index (χ1) is 11.7. The predicted molar refractivity (Wildman–Crippen MR) is 102 cm³/mol. The van der Waals surface area contributed by atoms with Crippen LogP contribution >= 0.6 is 46.0 Å². The molecular weight excluding hydrogens is 382 g/mol. The molecule has 0 fully saturated rings. The molecule has 0 aliphatic carbocycles. The lowest BCUT2D eigenvalue weighted by Gasteiger charge is -2.00. The molecular formula is C16H10ClN3OS3. The van der Waals surface area contributed by atoms with E-state index in [1.807, 2.05) is 35.0 Å². The molecule has 0 amide bonds. The monoisotopic (exact) mass is 391 g/mol. The molecule has 0 saturated carbocycles. The van der Waals surface area contributed by atoms with E-state index in [4.69, 9.17) is 11.6 Å². The maximum Gasteiger partial charge on any atom is 0.260 e. The van der Waals surface area contributed by atoms with E-state index in [9.17, 15) is 4.79 Å². The fourth-order valence-corrected chi connectivity index (χ4v) is 5.01. The van der Waals surface area contributed by atoms with Crippen LogP contribution in [0, 0.1) is 0 Å². The number of aromatic amines is 1. The molecule has 0 saturated heterocycles. The molecule has 4 nitrogen and oxygen atoms in total. The molecule has 0 bridgehead atoms. The summed E-state index contributed by atoms with van der Waals surface area (Å²) >= 11 is 10.7. The first kappa shape index (κ1) is 15.8. The van der Waals surface area contributed by atoms with Crippen LogP contribution in [0.25, 0.3) is 20.8 Å². The summed E-state index contributed by atoms with van der Waals surface area (Å²) in [7, 11) is 0. The lowest BCUT2D eigenvalue weighted by atomic mass is 10.2. The Balaban J connectivity index is 1.54. The molecule has 4 rings (SSSR count). The van der Waals surface area contributed by atoms with Gasteiger partial charge in [-0.1, -0.05) is 41.6 Å². The Kier molecular flexibility index (Phi) is 4.41. The number of thiazole rings is 1. The summed E-state index contributed by atoms with van der Waals surface area (Å²) in [6.45, 7) is 0. The molecule has 120 valence electrons. The van der Waals surface area contributed by atoms with Gasteiger partial charge in [0, 0.05) is 16.7 Å². The highest BCUT2D eigenvalue weighted by Gasteiger charge is 2.10. The van der Waals surface area contributed by atoms with Crippen molar-refractivity contribution in [3.05, 3.63) is 62.2 Å². The van der Waals surface area contributed by atoms with Gasteiger partial charge in [-0.25, -0.2) is 9.97 Å². The van der Waals surface area contributed by atoms with Crippen molar-refractivity contribution in [2.24, 2.45) is 0 Å². The number of fused-ring (bicyclic) bond motifs is 1. The summed E-state index contributed by atoms with van der Waals surface area (Å²) in [6.07, 6.45) is 0. The van der Waals surface area contributed by atoms with Crippen LogP contribution in [0.3, 0.4) is 0 Å². The average Bonchev–Trinajstić information content (AvgIpc) is 3.22. The summed E-state index contributed by atoms with van der Waals surface area (Å²) in [4.78, 5) is 24.6. The second-order valence-corrected chi connectivity index (χ2v) is 8.05. The number of thioether (sulfide) groups is 1. The third-order valence-corrected chi connectivity index (χ3v) is 6.29. The van der Waals surface area contributed by atoms with Gasteiger partial charge < -0.3 is 4.98 Å². The summed E-state index contributed by atoms with van der Waals surface area (Å²) in [5.74, 6) is 0.640. The molecule has 0 aliphatic rings. The molecule has 0 radical (unpaired) electrons. The largest absolute Gasteiger partial charge is 0.301 e. The number of H-pyrrole nitrogens is 1. The SMILES string of the molecule is O=c1[nH]c(SCc2csc(-c3ccccc3Cl)n2)nc2sccc12. The Labute approximate surface area is 154 Å².